The molecule has 0 N–H and O–H groups in total. The summed E-state index contributed by atoms with van der Waals surface area (Å²) in [6.07, 6.45) is 7.59. The molecule has 5 rings (SSSR count). The molecule has 0 unspecified atom stereocenters. The molecule has 8 heteroatoms. The average molecular weight is 464 g/mol. The lowest BCUT2D eigenvalue weighted by Gasteiger charge is -2.31. The van der Waals surface area contributed by atoms with E-state index in [1.54, 1.807) is 6.26 Å². The minimum atomic E-state index is 0.143. The molecule has 0 radical (unpaired) electrons. The Morgan fingerprint density at radius 1 is 1.18 bits per heavy atom. The highest BCUT2D eigenvalue weighted by Crippen LogP contribution is 2.33. The van der Waals surface area contributed by atoms with Crippen molar-refractivity contribution in [1.29, 1.82) is 0 Å². The number of rotatable bonds is 6. The van der Waals surface area contributed by atoms with Gasteiger partial charge in [0.05, 0.1) is 28.9 Å². The number of para-hydroxylation sites is 1. The first-order valence-electron chi connectivity index (χ1n) is 11.5. The SMILES string of the molecule is Cc1ccccc1-n1c(SCC(=O)N(C)C2CCCCC2)nnc1-c1cc2occc2n1C. The van der Waals surface area contributed by atoms with Gasteiger partial charge in [0.2, 0.25) is 5.91 Å². The van der Waals surface area contributed by atoms with Gasteiger partial charge >= 0.3 is 0 Å². The van der Waals surface area contributed by atoms with Gasteiger partial charge in [0, 0.05) is 32.3 Å². The lowest BCUT2D eigenvalue weighted by molar-refractivity contribution is -0.129. The molecular weight excluding hydrogens is 434 g/mol. The zero-order valence-electron chi connectivity index (χ0n) is 19.3. The van der Waals surface area contributed by atoms with Crippen LogP contribution in [0.25, 0.3) is 28.3 Å². The third kappa shape index (κ3) is 4.08. The second-order valence-electron chi connectivity index (χ2n) is 8.77. The third-order valence-corrected chi connectivity index (χ3v) is 7.64. The Bertz CT molecular complexity index is 1280. The van der Waals surface area contributed by atoms with E-state index in [1.165, 1.54) is 31.0 Å². The summed E-state index contributed by atoms with van der Waals surface area (Å²) < 4.78 is 9.73. The number of carbonyl (C=O) groups excluding carboxylic acids is 1. The van der Waals surface area contributed by atoms with Gasteiger partial charge in [-0.1, -0.05) is 49.2 Å². The van der Waals surface area contributed by atoms with E-state index < -0.39 is 0 Å². The highest BCUT2D eigenvalue weighted by Gasteiger charge is 2.25. The molecule has 1 fully saturated rings. The maximum absolute atomic E-state index is 13.0. The highest BCUT2D eigenvalue weighted by molar-refractivity contribution is 7.99. The number of furan rings is 1. The van der Waals surface area contributed by atoms with Crippen LogP contribution in [0.1, 0.15) is 37.7 Å². The molecule has 1 aliphatic carbocycles. The van der Waals surface area contributed by atoms with Crippen LogP contribution in [0.5, 0.6) is 0 Å². The molecule has 0 aliphatic heterocycles. The zero-order chi connectivity index (χ0) is 22.9. The molecule has 1 aliphatic rings. The summed E-state index contributed by atoms with van der Waals surface area (Å²) >= 11 is 1.45. The zero-order valence-corrected chi connectivity index (χ0v) is 20.1. The van der Waals surface area contributed by atoms with E-state index in [0.717, 1.165) is 46.7 Å². The summed E-state index contributed by atoms with van der Waals surface area (Å²) in [4.78, 5) is 14.9. The first-order valence-corrected chi connectivity index (χ1v) is 12.5. The van der Waals surface area contributed by atoms with E-state index in [2.05, 4.69) is 38.4 Å². The largest absolute Gasteiger partial charge is 0.463 e. The van der Waals surface area contributed by atoms with Crippen LogP contribution >= 0.6 is 11.8 Å². The molecule has 0 saturated heterocycles. The van der Waals surface area contributed by atoms with E-state index in [0.29, 0.717) is 17.0 Å². The number of hydrogen-bond donors (Lipinski definition) is 0. The van der Waals surface area contributed by atoms with Gasteiger partial charge in [-0.05, 0) is 31.4 Å². The molecule has 0 atom stereocenters. The van der Waals surface area contributed by atoms with Gasteiger partial charge in [0.1, 0.15) is 0 Å². The van der Waals surface area contributed by atoms with Crippen molar-refractivity contribution in [3.05, 3.63) is 48.2 Å². The first-order chi connectivity index (χ1) is 16.0. The fourth-order valence-electron chi connectivity index (χ4n) is 4.73. The van der Waals surface area contributed by atoms with E-state index in [-0.39, 0.29) is 5.91 Å². The van der Waals surface area contributed by atoms with Crippen LogP contribution in [0.3, 0.4) is 0 Å². The lowest BCUT2D eigenvalue weighted by Crippen LogP contribution is -2.39. The lowest BCUT2D eigenvalue weighted by atomic mass is 9.94. The minimum Gasteiger partial charge on any atom is -0.463 e. The van der Waals surface area contributed by atoms with Crippen molar-refractivity contribution in [2.45, 2.75) is 50.2 Å². The van der Waals surface area contributed by atoms with Crippen LogP contribution in [-0.4, -0.2) is 49.0 Å². The van der Waals surface area contributed by atoms with Crippen LogP contribution in [0.15, 0.2) is 52.2 Å². The predicted molar refractivity (Wildman–Crippen MR) is 131 cm³/mol. The van der Waals surface area contributed by atoms with E-state index >= 15 is 0 Å². The van der Waals surface area contributed by atoms with Crippen molar-refractivity contribution >= 4 is 28.8 Å². The first kappa shape index (κ1) is 21.8. The summed E-state index contributed by atoms with van der Waals surface area (Å²) in [5.41, 5.74) is 4.85. The quantitative estimate of drug-likeness (QED) is 0.367. The van der Waals surface area contributed by atoms with E-state index in [9.17, 15) is 4.79 Å². The van der Waals surface area contributed by atoms with Crippen molar-refractivity contribution in [3.8, 4) is 17.2 Å². The molecule has 0 spiro atoms. The number of benzene rings is 1. The number of aromatic nitrogens is 4. The molecule has 1 saturated carbocycles. The van der Waals surface area contributed by atoms with Crippen molar-refractivity contribution in [1.82, 2.24) is 24.2 Å². The number of aryl methyl sites for hydroxylation is 2. The molecule has 1 amide bonds. The standard InChI is InChI=1S/C25H29N5O2S/c1-17-9-7-8-12-19(17)30-24(21-15-22-20(29(21)3)13-14-32-22)26-27-25(30)33-16-23(31)28(2)18-10-5-4-6-11-18/h7-9,12-15,18H,4-6,10-11,16H2,1-3H3. The predicted octanol–water partition coefficient (Wildman–Crippen LogP) is 5.21. The Labute approximate surface area is 197 Å². The molecule has 172 valence electrons. The summed E-state index contributed by atoms with van der Waals surface area (Å²) in [6.45, 7) is 2.08. The van der Waals surface area contributed by atoms with Gasteiger partial charge in [0.15, 0.2) is 16.6 Å². The molecule has 33 heavy (non-hydrogen) atoms. The highest BCUT2D eigenvalue weighted by atomic mass is 32.2. The van der Waals surface area contributed by atoms with Crippen molar-refractivity contribution in [2.75, 3.05) is 12.8 Å². The topological polar surface area (TPSA) is 69.1 Å². The summed E-state index contributed by atoms with van der Waals surface area (Å²) in [5.74, 6) is 1.21. The fourth-order valence-corrected chi connectivity index (χ4v) is 5.59. The number of carbonyl (C=O) groups is 1. The van der Waals surface area contributed by atoms with Gasteiger partial charge in [-0.15, -0.1) is 10.2 Å². The number of amides is 1. The average Bonchev–Trinajstić information content (AvgIpc) is 3.54. The monoisotopic (exact) mass is 463 g/mol. The Kier molecular flexibility index (Phi) is 6.01. The second kappa shape index (κ2) is 9.09. The maximum atomic E-state index is 13.0. The molecule has 1 aromatic carbocycles. The van der Waals surface area contributed by atoms with Gasteiger partial charge < -0.3 is 13.9 Å². The van der Waals surface area contributed by atoms with Gasteiger partial charge in [-0.3, -0.25) is 9.36 Å². The van der Waals surface area contributed by atoms with Crippen LogP contribution in [-0.2, 0) is 11.8 Å². The summed E-state index contributed by atoms with van der Waals surface area (Å²) in [5, 5.41) is 9.78. The number of fused-ring (bicyclic) bond motifs is 1. The molecule has 7 nitrogen and oxygen atoms in total. The number of nitrogens with zero attached hydrogens (tertiary/aromatic N) is 5. The van der Waals surface area contributed by atoms with Crippen LogP contribution in [0.4, 0.5) is 0 Å². The molecule has 3 aromatic heterocycles. The van der Waals surface area contributed by atoms with Crippen molar-refractivity contribution in [3.63, 3.8) is 0 Å². The molecular formula is C25H29N5O2S. The smallest absolute Gasteiger partial charge is 0.233 e. The second-order valence-corrected chi connectivity index (χ2v) is 9.71. The van der Waals surface area contributed by atoms with Gasteiger partial charge in [0.25, 0.3) is 0 Å². The van der Waals surface area contributed by atoms with Crippen molar-refractivity contribution < 1.29 is 9.21 Å². The van der Waals surface area contributed by atoms with Crippen LogP contribution in [0, 0.1) is 6.92 Å². The molecule has 3 heterocycles. The Balaban J connectivity index is 1.47. The minimum absolute atomic E-state index is 0.143. The van der Waals surface area contributed by atoms with E-state index in [4.69, 9.17) is 4.42 Å². The normalized spacial score (nSPS) is 14.8. The number of hydrogen-bond acceptors (Lipinski definition) is 5. The summed E-state index contributed by atoms with van der Waals surface area (Å²) in [7, 11) is 3.94. The molecule has 0 bridgehead atoms. The molecule has 4 aromatic rings. The van der Waals surface area contributed by atoms with Gasteiger partial charge in [-0.25, -0.2) is 0 Å². The summed E-state index contributed by atoms with van der Waals surface area (Å²) in [6, 6.07) is 12.5. The van der Waals surface area contributed by atoms with E-state index in [1.807, 2.05) is 43.3 Å². The third-order valence-electron chi connectivity index (χ3n) is 6.72. The number of thioether (sulfide) groups is 1. The van der Waals surface area contributed by atoms with Crippen LogP contribution < -0.4 is 0 Å². The van der Waals surface area contributed by atoms with Crippen LogP contribution in [0.2, 0.25) is 0 Å². The van der Waals surface area contributed by atoms with Crippen molar-refractivity contribution in [2.24, 2.45) is 7.05 Å². The Hall–Kier alpha value is -3.00. The Morgan fingerprint density at radius 3 is 2.73 bits per heavy atom. The Morgan fingerprint density at radius 2 is 1.97 bits per heavy atom. The van der Waals surface area contributed by atoms with Gasteiger partial charge in [-0.2, -0.15) is 0 Å². The maximum Gasteiger partial charge on any atom is 0.233 e. The fraction of sp³-hybridized carbons (Fsp3) is 0.400.